The number of ketones is 1. The van der Waals surface area contributed by atoms with Crippen molar-refractivity contribution in [2.45, 2.75) is 40.7 Å². The molecule has 0 aliphatic carbocycles. The molecule has 0 radical (unpaired) electrons. The zero-order valence-electron chi connectivity index (χ0n) is 18.3. The van der Waals surface area contributed by atoms with E-state index in [4.69, 9.17) is 16.3 Å². The number of thiophene rings is 1. The van der Waals surface area contributed by atoms with E-state index < -0.39 is 10.8 Å². The molecular weight excluding hydrogens is 488 g/mol. The zero-order valence-corrected chi connectivity index (χ0v) is 20.7. The van der Waals surface area contributed by atoms with Crippen molar-refractivity contribution in [3.8, 4) is 0 Å². The highest BCUT2D eigenvalue weighted by molar-refractivity contribution is 8.01. The van der Waals surface area contributed by atoms with Crippen LogP contribution in [0, 0.1) is 0 Å². The van der Waals surface area contributed by atoms with Crippen LogP contribution in [0.25, 0.3) is 0 Å². The molecular formula is C26H23ClN2O3S2. The minimum Gasteiger partial charge on any atom is -0.374 e. The Labute approximate surface area is 211 Å². The van der Waals surface area contributed by atoms with Crippen LogP contribution in [0.15, 0.2) is 70.3 Å². The molecule has 6 rings (SSSR count). The lowest BCUT2D eigenvalue weighted by Gasteiger charge is -2.40. The van der Waals surface area contributed by atoms with Crippen LogP contribution >= 0.6 is 34.7 Å². The van der Waals surface area contributed by atoms with Crippen molar-refractivity contribution < 1.29 is 14.3 Å². The van der Waals surface area contributed by atoms with E-state index >= 15 is 0 Å². The maximum Gasteiger partial charge on any atom is 0.242 e. The number of morpholine rings is 1. The number of piperidine rings is 1. The first-order valence-corrected chi connectivity index (χ1v) is 13.5. The van der Waals surface area contributed by atoms with Gasteiger partial charge in [0.05, 0.1) is 29.3 Å². The summed E-state index contributed by atoms with van der Waals surface area (Å²) in [7, 11) is 0. The average Bonchev–Trinajstić information content (AvgIpc) is 3.62. The molecule has 3 fully saturated rings. The largest absolute Gasteiger partial charge is 0.374 e. The van der Waals surface area contributed by atoms with Gasteiger partial charge in [-0.05, 0) is 58.6 Å². The Morgan fingerprint density at radius 1 is 1.09 bits per heavy atom. The van der Waals surface area contributed by atoms with Gasteiger partial charge in [-0.25, -0.2) is 0 Å². The molecule has 2 aromatic carbocycles. The van der Waals surface area contributed by atoms with E-state index in [9.17, 15) is 9.59 Å². The molecule has 8 heteroatoms. The lowest BCUT2D eigenvalue weighted by atomic mass is 9.77. The Morgan fingerprint density at radius 2 is 1.91 bits per heavy atom. The van der Waals surface area contributed by atoms with Crippen molar-refractivity contribution in [2.75, 3.05) is 18.1 Å². The van der Waals surface area contributed by atoms with Crippen molar-refractivity contribution >= 4 is 52.1 Å². The predicted octanol–water partition coefficient (Wildman–Crippen LogP) is 4.87. The number of Topliss-reactive ketones (excluding diaryl/α,β-unsaturated/α-hetero) is 1. The van der Waals surface area contributed by atoms with Gasteiger partial charge in [0.15, 0.2) is 5.78 Å². The summed E-state index contributed by atoms with van der Waals surface area (Å²) < 4.78 is 5.74. The van der Waals surface area contributed by atoms with Crippen LogP contribution in [-0.2, 0) is 19.9 Å². The standard InChI is InChI=1S/C26H23ClN2O3S2/c27-21-3-1-2-4-23(21)34-24-22(30)12-26(28-25(24)31,17-9-10-33-15-17)16-5-7-18(8-6-16)29-13-20-11-19(29)14-32-20/h1-10,15,19-20,24H,11-14H2,(H,28,31). The minimum absolute atomic E-state index is 0.0991. The summed E-state index contributed by atoms with van der Waals surface area (Å²) in [5.41, 5.74) is 2.12. The molecule has 174 valence electrons. The number of nitrogens with one attached hydrogen (secondary N) is 1. The summed E-state index contributed by atoms with van der Waals surface area (Å²) in [6.45, 7) is 1.69. The molecule has 1 amide bonds. The molecule has 3 aliphatic rings. The molecule has 34 heavy (non-hydrogen) atoms. The Morgan fingerprint density at radius 3 is 2.56 bits per heavy atom. The van der Waals surface area contributed by atoms with E-state index in [1.165, 1.54) is 11.8 Å². The average molecular weight is 511 g/mol. The summed E-state index contributed by atoms with van der Waals surface area (Å²) in [5.74, 6) is -0.386. The third-order valence-electron chi connectivity index (χ3n) is 6.99. The smallest absolute Gasteiger partial charge is 0.242 e. The van der Waals surface area contributed by atoms with Crippen LogP contribution in [0.1, 0.15) is 24.0 Å². The fourth-order valence-electron chi connectivity index (χ4n) is 5.28. The molecule has 4 atom stereocenters. The van der Waals surface area contributed by atoms with Gasteiger partial charge in [0.2, 0.25) is 5.91 Å². The summed E-state index contributed by atoms with van der Waals surface area (Å²) in [4.78, 5) is 29.9. The van der Waals surface area contributed by atoms with Crippen molar-refractivity contribution in [2.24, 2.45) is 0 Å². The molecule has 0 spiro atoms. The van der Waals surface area contributed by atoms with Crippen molar-refractivity contribution in [3.63, 3.8) is 0 Å². The highest BCUT2D eigenvalue weighted by Gasteiger charge is 2.48. The first kappa shape index (κ1) is 22.2. The van der Waals surface area contributed by atoms with Crippen LogP contribution in [-0.4, -0.2) is 42.2 Å². The van der Waals surface area contributed by atoms with Gasteiger partial charge in [-0.1, -0.05) is 35.9 Å². The zero-order chi connectivity index (χ0) is 23.3. The molecule has 3 saturated heterocycles. The topological polar surface area (TPSA) is 58.6 Å². The number of amides is 1. The first-order chi connectivity index (χ1) is 16.5. The Kier molecular flexibility index (Phi) is 5.68. The molecule has 4 heterocycles. The van der Waals surface area contributed by atoms with E-state index in [2.05, 4.69) is 34.5 Å². The molecule has 2 bridgehead atoms. The van der Waals surface area contributed by atoms with E-state index in [0.717, 1.165) is 41.3 Å². The normalized spacial score (nSPS) is 28.4. The maximum atomic E-state index is 13.4. The third-order valence-corrected chi connectivity index (χ3v) is 9.44. The number of halogens is 1. The van der Waals surface area contributed by atoms with Crippen LogP contribution in [0.2, 0.25) is 5.02 Å². The number of ether oxygens (including phenoxy) is 1. The monoisotopic (exact) mass is 510 g/mol. The van der Waals surface area contributed by atoms with Gasteiger partial charge in [-0.2, -0.15) is 11.3 Å². The number of rotatable bonds is 5. The number of anilines is 1. The van der Waals surface area contributed by atoms with Gasteiger partial charge in [0.1, 0.15) is 5.25 Å². The van der Waals surface area contributed by atoms with Crippen molar-refractivity contribution in [1.82, 2.24) is 5.32 Å². The number of fused-ring (bicyclic) bond motifs is 2. The third kappa shape index (κ3) is 3.75. The van der Waals surface area contributed by atoms with E-state index in [1.807, 2.05) is 35.0 Å². The van der Waals surface area contributed by atoms with E-state index in [-0.39, 0.29) is 18.1 Å². The molecule has 4 unspecified atom stereocenters. The molecule has 1 aromatic heterocycles. The molecule has 1 N–H and O–H groups in total. The molecule has 3 aromatic rings. The highest BCUT2D eigenvalue weighted by Crippen LogP contribution is 2.42. The van der Waals surface area contributed by atoms with Gasteiger partial charge >= 0.3 is 0 Å². The Balaban J connectivity index is 1.30. The molecule has 5 nitrogen and oxygen atoms in total. The Hall–Kier alpha value is -2.32. The number of hydrogen-bond acceptors (Lipinski definition) is 6. The highest BCUT2D eigenvalue weighted by atomic mass is 35.5. The minimum atomic E-state index is -0.878. The van der Waals surface area contributed by atoms with Gasteiger partial charge in [-0.3, -0.25) is 9.59 Å². The van der Waals surface area contributed by atoms with Gasteiger partial charge < -0.3 is 15.0 Å². The Bertz CT molecular complexity index is 1210. The predicted molar refractivity (Wildman–Crippen MR) is 136 cm³/mol. The van der Waals surface area contributed by atoms with Gasteiger partial charge in [0, 0.05) is 23.5 Å². The van der Waals surface area contributed by atoms with E-state index in [1.54, 1.807) is 17.4 Å². The second-order valence-corrected chi connectivity index (χ2v) is 11.4. The fourth-order valence-corrected chi connectivity index (χ4v) is 7.25. The van der Waals surface area contributed by atoms with Gasteiger partial charge in [-0.15, -0.1) is 11.8 Å². The van der Waals surface area contributed by atoms with Crippen LogP contribution < -0.4 is 10.2 Å². The lowest BCUT2D eigenvalue weighted by Crippen LogP contribution is -2.57. The number of thioether (sulfide) groups is 1. The van der Waals surface area contributed by atoms with Crippen LogP contribution in [0.3, 0.4) is 0 Å². The fraction of sp³-hybridized carbons (Fsp3) is 0.308. The summed E-state index contributed by atoms with van der Waals surface area (Å²) in [6, 6.07) is 18.0. The summed E-state index contributed by atoms with van der Waals surface area (Å²) in [6.07, 6.45) is 1.60. The molecule has 3 aliphatic heterocycles. The van der Waals surface area contributed by atoms with E-state index in [0.29, 0.717) is 17.2 Å². The van der Waals surface area contributed by atoms with Gasteiger partial charge in [0.25, 0.3) is 0 Å². The second-order valence-electron chi connectivity index (χ2n) is 9.02. The van der Waals surface area contributed by atoms with Crippen LogP contribution in [0.4, 0.5) is 5.69 Å². The second kappa shape index (κ2) is 8.72. The van der Waals surface area contributed by atoms with Crippen molar-refractivity contribution in [1.29, 1.82) is 0 Å². The number of carbonyl (C=O) groups excluding carboxylic acids is 2. The summed E-state index contributed by atoms with van der Waals surface area (Å²) >= 11 is 9.07. The number of benzene rings is 2. The SMILES string of the molecule is O=C1CC(c2ccc(N3CC4CC3CO4)cc2)(c2ccsc2)NC(=O)C1Sc1ccccc1Cl. The number of carbonyl (C=O) groups is 2. The quantitative estimate of drug-likeness (QED) is 0.496. The van der Waals surface area contributed by atoms with Crippen LogP contribution in [0.5, 0.6) is 0 Å². The van der Waals surface area contributed by atoms with Crippen molar-refractivity contribution in [3.05, 3.63) is 81.5 Å². The number of hydrogen-bond donors (Lipinski definition) is 1. The maximum absolute atomic E-state index is 13.4. The molecule has 0 saturated carbocycles. The summed E-state index contributed by atoms with van der Waals surface area (Å²) in [5, 5.41) is 6.94. The first-order valence-electron chi connectivity index (χ1n) is 11.3. The number of nitrogens with zero attached hydrogens (tertiary/aromatic N) is 1. The lowest BCUT2D eigenvalue weighted by molar-refractivity contribution is -0.132.